The Labute approximate surface area is 103 Å². The lowest BCUT2D eigenvalue weighted by molar-refractivity contribution is 0.245. The van der Waals surface area contributed by atoms with Gasteiger partial charge in [0.15, 0.2) is 0 Å². The normalized spacial score (nSPS) is 21.2. The lowest BCUT2D eigenvalue weighted by atomic mass is 10.1. The molecule has 1 aromatic rings. The Morgan fingerprint density at radius 3 is 3.06 bits per heavy atom. The maximum Gasteiger partial charge on any atom is 0.129 e. The molecule has 86 valence electrons. The van der Waals surface area contributed by atoms with Gasteiger partial charge in [-0.25, -0.2) is 0 Å². The van der Waals surface area contributed by atoms with Crippen LogP contribution in [-0.4, -0.2) is 29.6 Å². The quantitative estimate of drug-likeness (QED) is 0.848. The number of hydrogen-bond donors (Lipinski definition) is 2. The van der Waals surface area contributed by atoms with Crippen molar-refractivity contribution in [2.45, 2.75) is 24.8 Å². The molecule has 5 heteroatoms. The minimum Gasteiger partial charge on any atom is -0.394 e. The molecule has 1 aliphatic heterocycles. The number of aliphatic hydroxyl groups excluding tert-OH is 1. The van der Waals surface area contributed by atoms with Gasteiger partial charge in [-0.05, 0) is 18.9 Å². The summed E-state index contributed by atoms with van der Waals surface area (Å²) in [7, 11) is 0. The van der Waals surface area contributed by atoms with Crippen LogP contribution in [-0.2, 0) is 6.42 Å². The molecule has 0 amide bonds. The Balaban J connectivity index is 1.87. The molecule has 0 saturated heterocycles. The van der Waals surface area contributed by atoms with Gasteiger partial charge in [-0.15, -0.1) is 11.3 Å². The van der Waals surface area contributed by atoms with Gasteiger partial charge >= 0.3 is 0 Å². The lowest BCUT2D eigenvalue weighted by Gasteiger charge is -2.20. The Morgan fingerprint density at radius 1 is 1.56 bits per heavy atom. The summed E-state index contributed by atoms with van der Waals surface area (Å²) in [5, 5.41) is 12.7. The molecular formula is C11H13ClN2OS. The van der Waals surface area contributed by atoms with Gasteiger partial charge in [0.25, 0.3) is 0 Å². The van der Waals surface area contributed by atoms with Crippen LogP contribution >= 0.6 is 22.9 Å². The molecule has 1 fully saturated rings. The first-order valence-electron chi connectivity index (χ1n) is 5.44. The summed E-state index contributed by atoms with van der Waals surface area (Å²) in [6.07, 6.45) is 3.02. The molecule has 1 aliphatic carbocycles. The third kappa shape index (κ3) is 1.75. The molecule has 16 heavy (non-hydrogen) atoms. The van der Waals surface area contributed by atoms with Crippen molar-refractivity contribution in [2.75, 3.05) is 13.2 Å². The summed E-state index contributed by atoms with van der Waals surface area (Å²) in [5.74, 6) is 0.913. The van der Waals surface area contributed by atoms with E-state index in [-0.39, 0.29) is 12.1 Å². The third-order valence-corrected chi connectivity index (χ3v) is 4.51. The van der Waals surface area contributed by atoms with Crippen molar-refractivity contribution < 1.29 is 5.11 Å². The van der Waals surface area contributed by atoms with E-state index in [1.165, 1.54) is 4.88 Å². The van der Waals surface area contributed by atoms with Crippen molar-refractivity contribution >= 4 is 28.8 Å². The fourth-order valence-corrected chi connectivity index (χ4v) is 3.23. The van der Waals surface area contributed by atoms with Crippen molar-refractivity contribution in [1.29, 1.82) is 0 Å². The fraction of sp³-hybridized carbons (Fsp3) is 0.545. The zero-order chi connectivity index (χ0) is 11.2. The molecule has 0 spiro atoms. The second-order valence-corrected chi connectivity index (χ2v) is 6.20. The zero-order valence-corrected chi connectivity index (χ0v) is 10.4. The Hall–Kier alpha value is -0.580. The minimum absolute atomic E-state index is 0.109. The topological polar surface area (TPSA) is 44.6 Å². The molecule has 0 atom stereocenters. The van der Waals surface area contributed by atoms with Crippen LogP contribution in [0, 0.1) is 0 Å². The van der Waals surface area contributed by atoms with E-state index in [1.54, 1.807) is 11.3 Å². The number of rotatable bonds is 2. The molecule has 2 N–H and O–H groups in total. The maximum atomic E-state index is 9.30. The van der Waals surface area contributed by atoms with Crippen LogP contribution < -0.4 is 5.32 Å². The fourth-order valence-electron chi connectivity index (χ4n) is 1.97. The molecule has 2 heterocycles. The van der Waals surface area contributed by atoms with Crippen molar-refractivity contribution in [1.82, 2.24) is 5.32 Å². The third-order valence-electron chi connectivity index (χ3n) is 3.18. The van der Waals surface area contributed by atoms with Gasteiger partial charge < -0.3 is 10.4 Å². The van der Waals surface area contributed by atoms with E-state index in [1.807, 2.05) is 6.07 Å². The average molecular weight is 257 g/mol. The molecule has 3 nitrogen and oxygen atoms in total. The van der Waals surface area contributed by atoms with Crippen molar-refractivity contribution in [2.24, 2.45) is 4.99 Å². The van der Waals surface area contributed by atoms with Gasteiger partial charge in [0, 0.05) is 23.4 Å². The highest BCUT2D eigenvalue weighted by Crippen LogP contribution is 2.36. The van der Waals surface area contributed by atoms with Gasteiger partial charge in [0.2, 0.25) is 0 Å². The number of halogens is 1. The number of nitrogens with zero attached hydrogens (tertiary/aromatic N) is 1. The SMILES string of the molecule is OCC1(NC2=NCCc3sc(Cl)cc32)CC1. The minimum atomic E-state index is -0.109. The van der Waals surface area contributed by atoms with Gasteiger partial charge in [-0.1, -0.05) is 11.6 Å². The van der Waals surface area contributed by atoms with Crippen LogP contribution in [0.5, 0.6) is 0 Å². The summed E-state index contributed by atoms with van der Waals surface area (Å²) in [6.45, 7) is 0.993. The Bertz CT molecular complexity index is 451. The monoisotopic (exact) mass is 256 g/mol. The number of aliphatic imine (C=N–C) groups is 1. The van der Waals surface area contributed by atoms with E-state index >= 15 is 0 Å². The smallest absolute Gasteiger partial charge is 0.129 e. The molecule has 1 aromatic heterocycles. The number of hydrogen-bond acceptors (Lipinski definition) is 4. The van der Waals surface area contributed by atoms with Gasteiger partial charge in [-0.3, -0.25) is 4.99 Å². The Morgan fingerprint density at radius 2 is 2.38 bits per heavy atom. The number of aliphatic hydroxyl groups is 1. The van der Waals surface area contributed by atoms with E-state index in [4.69, 9.17) is 11.6 Å². The predicted octanol–water partition coefficient (Wildman–Crippen LogP) is 1.82. The summed E-state index contributed by atoms with van der Waals surface area (Å²) < 4.78 is 0.815. The molecule has 0 radical (unpaired) electrons. The molecule has 1 saturated carbocycles. The predicted molar refractivity (Wildman–Crippen MR) is 66.6 cm³/mol. The first kappa shape index (κ1) is 10.6. The van der Waals surface area contributed by atoms with E-state index < -0.39 is 0 Å². The van der Waals surface area contributed by atoms with Crippen molar-refractivity contribution in [3.63, 3.8) is 0 Å². The highest BCUT2D eigenvalue weighted by molar-refractivity contribution is 7.16. The maximum absolute atomic E-state index is 9.30. The summed E-state index contributed by atoms with van der Waals surface area (Å²) in [6, 6.07) is 1.97. The molecule has 3 rings (SSSR count). The standard InChI is InChI=1S/C11H13ClN2OS/c12-9-5-7-8(16-9)1-4-13-10(7)14-11(6-15)2-3-11/h5,15H,1-4,6H2,(H,13,14). The molecule has 2 aliphatic rings. The molecule has 0 aromatic carbocycles. The van der Waals surface area contributed by atoms with Crippen LogP contribution in [0.1, 0.15) is 23.3 Å². The van der Waals surface area contributed by atoms with Crippen molar-refractivity contribution in [3.8, 4) is 0 Å². The van der Waals surface area contributed by atoms with Crippen LogP contribution in [0.25, 0.3) is 0 Å². The van der Waals surface area contributed by atoms with Gasteiger partial charge in [0.05, 0.1) is 16.5 Å². The highest BCUT2D eigenvalue weighted by atomic mass is 35.5. The van der Waals surface area contributed by atoms with Gasteiger partial charge in [0.1, 0.15) is 5.84 Å². The first-order valence-corrected chi connectivity index (χ1v) is 6.64. The van der Waals surface area contributed by atoms with Crippen LogP contribution in [0.3, 0.4) is 0 Å². The van der Waals surface area contributed by atoms with Crippen LogP contribution in [0.2, 0.25) is 4.34 Å². The Kier molecular flexibility index (Phi) is 2.46. The van der Waals surface area contributed by atoms with Crippen LogP contribution in [0.15, 0.2) is 11.1 Å². The number of nitrogens with one attached hydrogen (secondary N) is 1. The number of thiophene rings is 1. The van der Waals surface area contributed by atoms with Crippen LogP contribution in [0.4, 0.5) is 0 Å². The molecule has 0 bridgehead atoms. The average Bonchev–Trinajstić information content (AvgIpc) is 2.93. The van der Waals surface area contributed by atoms with E-state index in [0.29, 0.717) is 0 Å². The van der Waals surface area contributed by atoms with E-state index in [0.717, 1.165) is 41.5 Å². The van der Waals surface area contributed by atoms with E-state index in [2.05, 4.69) is 10.3 Å². The molecular weight excluding hydrogens is 244 g/mol. The largest absolute Gasteiger partial charge is 0.394 e. The summed E-state index contributed by atoms with van der Waals surface area (Å²) in [5.41, 5.74) is 1.02. The first-order chi connectivity index (χ1) is 7.72. The second-order valence-electron chi connectivity index (χ2n) is 4.43. The number of fused-ring (bicyclic) bond motifs is 1. The van der Waals surface area contributed by atoms with E-state index in [9.17, 15) is 5.11 Å². The zero-order valence-electron chi connectivity index (χ0n) is 8.79. The summed E-state index contributed by atoms with van der Waals surface area (Å²) in [4.78, 5) is 5.80. The molecule has 0 unspecified atom stereocenters. The van der Waals surface area contributed by atoms with Gasteiger partial charge in [-0.2, -0.15) is 0 Å². The second kappa shape index (κ2) is 3.72. The lowest BCUT2D eigenvalue weighted by Crippen LogP contribution is -2.41. The highest BCUT2D eigenvalue weighted by Gasteiger charge is 2.43. The summed E-state index contributed by atoms with van der Waals surface area (Å²) >= 11 is 7.65. The van der Waals surface area contributed by atoms with Crippen molar-refractivity contribution in [3.05, 3.63) is 20.8 Å². The number of amidine groups is 1.